The highest BCUT2D eigenvalue weighted by atomic mass is 79.9. The second-order valence-corrected chi connectivity index (χ2v) is 5.46. The maximum absolute atomic E-state index is 13.9. The lowest BCUT2D eigenvalue weighted by molar-refractivity contribution is 0.494. The summed E-state index contributed by atoms with van der Waals surface area (Å²) in [6.45, 7) is 5.69. The molecule has 0 radical (unpaired) electrons. The normalized spacial score (nSPS) is 24.4. The number of benzene rings is 1. The Hall–Kier alpha value is -0.640. The van der Waals surface area contributed by atoms with Gasteiger partial charge in [0.1, 0.15) is 17.3 Å². The molecule has 1 aromatic rings. The number of anilines is 1. The second kappa shape index (κ2) is 4.92. The van der Waals surface area contributed by atoms with Gasteiger partial charge in [0.05, 0.1) is 0 Å². The van der Waals surface area contributed by atoms with Gasteiger partial charge in [-0.3, -0.25) is 0 Å². The molecule has 0 aromatic heterocycles. The summed E-state index contributed by atoms with van der Waals surface area (Å²) < 4.78 is 27.8. The number of alkyl halides is 1. The molecule has 1 heterocycles. The van der Waals surface area contributed by atoms with Crippen LogP contribution in [0.4, 0.5) is 14.5 Å². The van der Waals surface area contributed by atoms with E-state index in [0.29, 0.717) is 22.7 Å². The van der Waals surface area contributed by atoms with E-state index < -0.39 is 11.6 Å². The van der Waals surface area contributed by atoms with E-state index in [4.69, 9.17) is 0 Å². The standard InChI is InChI=1S/C13H16BrF2N/c1-8-6-17(7-9(8)2)13-11(15)3-10(5-14)4-12(13)16/h3-4,8-9H,5-7H2,1-2H3. The van der Waals surface area contributed by atoms with Crippen LogP contribution in [0, 0.1) is 23.5 Å². The number of hydrogen-bond acceptors (Lipinski definition) is 1. The SMILES string of the molecule is CC1CN(c2c(F)cc(CBr)cc2F)CC1C. The Balaban J connectivity index is 2.33. The molecule has 1 saturated heterocycles. The van der Waals surface area contributed by atoms with Gasteiger partial charge in [0.2, 0.25) is 0 Å². The van der Waals surface area contributed by atoms with Crippen LogP contribution >= 0.6 is 15.9 Å². The van der Waals surface area contributed by atoms with Crippen molar-refractivity contribution in [3.63, 3.8) is 0 Å². The second-order valence-electron chi connectivity index (χ2n) is 4.90. The van der Waals surface area contributed by atoms with Gasteiger partial charge in [0.15, 0.2) is 0 Å². The third-order valence-corrected chi connectivity index (χ3v) is 4.18. The fraction of sp³-hybridized carbons (Fsp3) is 0.538. The molecule has 0 aliphatic carbocycles. The van der Waals surface area contributed by atoms with Crippen LogP contribution in [-0.4, -0.2) is 13.1 Å². The van der Waals surface area contributed by atoms with Crippen molar-refractivity contribution in [2.75, 3.05) is 18.0 Å². The highest BCUT2D eigenvalue weighted by molar-refractivity contribution is 9.08. The third-order valence-electron chi connectivity index (χ3n) is 3.54. The molecule has 17 heavy (non-hydrogen) atoms. The van der Waals surface area contributed by atoms with E-state index in [1.807, 2.05) is 4.90 Å². The molecule has 0 amide bonds. The summed E-state index contributed by atoms with van der Waals surface area (Å²) in [7, 11) is 0. The molecule has 1 aromatic carbocycles. The Morgan fingerprint density at radius 3 is 2.06 bits per heavy atom. The van der Waals surface area contributed by atoms with E-state index in [0.717, 1.165) is 13.1 Å². The van der Waals surface area contributed by atoms with E-state index in [2.05, 4.69) is 29.8 Å². The van der Waals surface area contributed by atoms with Crippen molar-refractivity contribution in [2.45, 2.75) is 19.2 Å². The summed E-state index contributed by atoms with van der Waals surface area (Å²) >= 11 is 3.21. The quantitative estimate of drug-likeness (QED) is 0.748. The van der Waals surface area contributed by atoms with Gasteiger partial charge in [0.25, 0.3) is 0 Å². The zero-order valence-corrected chi connectivity index (χ0v) is 11.6. The van der Waals surface area contributed by atoms with Crippen molar-refractivity contribution >= 4 is 21.6 Å². The summed E-state index contributed by atoms with van der Waals surface area (Å²) in [5, 5.41) is 0.466. The Labute approximate surface area is 109 Å². The van der Waals surface area contributed by atoms with Crippen molar-refractivity contribution in [3.05, 3.63) is 29.3 Å². The Morgan fingerprint density at radius 2 is 1.65 bits per heavy atom. The van der Waals surface area contributed by atoms with Gasteiger partial charge in [-0.15, -0.1) is 0 Å². The Bertz CT molecular complexity index is 389. The zero-order chi connectivity index (χ0) is 12.6. The molecule has 94 valence electrons. The monoisotopic (exact) mass is 303 g/mol. The molecule has 0 bridgehead atoms. The highest BCUT2D eigenvalue weighted by Gasteiger charge is 2.29. The van der Waals surface area contributed by atoms with E-state index in [1.54, 1.807) is 0 Å². The van der Waals surface area contributed by atoms with Crippen LogP contribution in [0.5, 0.6) is 0 Å². The predicted molar refractivity (Wildman–Crippen MR) is 69.5 cm³/mol. The van der Waals surface area contributed by atoms with Crippen LogP contribution in [0.25, 0.3) is 0 Å². The number of hydrogen-bond donors (Lipinski definition) is 0. The summed E-state index contributed by atoms with van der Waals surface area (Å²) in [6.07, 6.45) is 0. The molecule has 2 unspecified atom stereocenters. The van der Waals surface area contributed by atoms with Gasteiger partial charge >= 0.3 is 0 Å². The molecule has 2 atom stereocenters. The lowest BCUT2D eigenvalue weighted by Crippen LogP contribution is -2.22. The number of halogens is 3. The van der Waals surface area contributed by atoms with Gasteiger partial charge < -0.3 is 4.90 Å². The number of rotatable bonds is 2. The molecular formula is C13H16BrF2N. The topological polar surface area (TPSA) is 3.24 Å². The summed E-state index contributed by atoms with van der Waals surface area (Å²) in [4.78, 5) is 1.82. The third kappa shape index (κ3) is 2.46. The lowest BCUT2D eigenvalue weighted by Gasteiger charge is -2.20. The maximum atomic E-state index is 13.9. The smallest absolute Gasteiger partial charge is 0.149 e. The van der Waals surface area contributed by atoms with Gasteiger partial charge in [-0.1, -0.05) is 29.8 Å². The summed E-state index contributed by atoms with van der Waals surface area (Å²) in [5.41, 5.74) is 0.759. The van der Waals surface area contributed by atoms with Crippen LogP contribution in [0.15, 0.2) is 12.1 Å². The summed E-state index contributed by atoms with van der Waals surface area (Å²) in [6, 6.07) is 2.81. The molecule has 1 fully saturated rings. The minimum Gasteiger partial charge on any atom is -0.366 e. The first-order chi connectivity index (χ1) is 8.02. The average Bonchev–Trinajstić information content (AvgIpc) is 2.57. The van der Waals surface area contributed by atoms with E-state index in [1.165, 1.54) is 12.1 Å². The summed E-state index contributed by atoms with van der Waals surface area (Å²) in [5.74, 6) is 0.0378. The van der Waals surface area contributed by atoms with E-state index >= 15 is 0 Å². The number of nitrogens with zero attached hydrogens (tertiary/aromatic N) is 1. The first-order valence-electron chi connectivity index (χ1n) is 5.81. The van der Waals surface area contributed by atoms with Crippen molar-refractivity contribution in [2.24, 2.45) is 11.8 Å². The minimum absolute atomic E-state index is 0.130. The molecule has 0 spiro atoms. The molecule has 1 aliphatic heterocycles. The average molecular weight is 304 g/mol. The van der Waals surface area contributed by atoms with Crippen LogP contribution in [-0.2, 0) is 5.33 Å². The van der Waals surface area contributed by atoms with E-state index in [9.17, 15) is 8.78 Å². The molecule has 2 rings (SSSR count). The Kier molecular flexibility index (Phi) is 3.71. The molecule has 1 nitrogen and oxygen atoms in total. The predicted octanol–water partition coefficient (Wildman–Crippen LogP) is 3.95. The molecule has 0 N–H and O–H groups in total. The van der Waals surface area contributed by atoms with Crippen molar-refractivity contribution < 1.29 is 8.78 Å². The van der Waals surface area contributed by atoms with Crippen LogP contribution in [0.3, 0.4) is 0 Å². The fourth-order valence-corrected chi connectivity index (χ4v) is 2.63. The van der Waals surface area contributed by atoms with Gasteiger partial charge in [-0.25, -0.2) is 8.78 Å². The minimum atomic E-state index is -0.458. The zero-order valence-electron chi connectivity index (χ0n) is 10.0. The van der Waals surface area contributed by atoms with Crippen molar-refractivity contribution in [1.29, 1.82) is 0 Å². The van der Waals surface area contributed by atoms with Gasteiger partial charge in [-0.2, -0.15) is 0 Å². The fourth-order valence-electron chi connectivity index (χ4n) is 2.31. The maximum Gasteiger partial charge on any atom is 0.149 e. The Morgan fingerprint density at radius 1 is 1.18 bits per heavy atom. The lowest BCUT2D eigenvalue weighted by atomic mass is 10.0. The van der Waals surface area contributed by atoms with Crippen molar-refractivity contribution in [1.82, 2.24) is 0 Å². The molecular weight excluding hydrogens is 288 g/mol. The molecule has 1 aliphatic rings. The van der Waals surface area contributed by atoms with Crippen LogP contribution in [0.1, 0.15) is 19.4 Å². The highest BCUT2D eigenvalue weighted by Crippen LogP contribution is 2.32. The van der Waals surface area contributed by atoms with Crippen LogP contribution in [0.2, 0.25) is 0 Å². The largest absolute Gasteiger partial charge is 0.366 e. The first-order valence-corrected chi connectivity index (χ1v) is 6.94. The molecule has 0 saturated carbocycles. The van der Waals surface area contributed by atoms with Crippen LogP contribution < -0.4 is 4.90 Å². The first kappa shape index (κ1) is 12.8. The van der Waals surface area contributed by atoms with Crippen molar-refractivity contribution in [3.8, 4) is 0 Å². The van der Waals surface area contributed by atoms with Gasteiger partial charge in [-0.05, 0) is 29.5 Å². The van der Waals surface area contributed by atoms with Gasteiger partial charge in [0, 0.05) is 18.4 Å². The molecule has 4 heteroatoms. The van der Waals surface area contributed by atoms with E-state index in [-0.39, 0.29) is 5.69 Å².